The molecule has 0 fully saturated rings. The number of nitrogens with one attached hydrogen (secondary N) is 1. The number of benzene rings is 1. The van der Waals surface area contributed by atoms with Gasteiger partial charge >= 0.3 is 0 Å². The number of hydrogen-bond donors (Lipinski definition) is 2. The molecule has 1 atom stereocenters. The number of carbonyl (C=O) groups excluding carboxylic acids is 1. The molecule has 16 heavy (non-hydrogen) atoms. The lowest BCUT2D eigenvalue weighted by Crippen LogP contribution is -2.20. The Balaban J connectivity index is 2.31. The van der Waals surface area contributed by atoms with Gasteiger partial charge in [0.15, 0.2) is 0 Å². The van der Waals surface area contributed by atoms with Crippen LogP contribution in [0, 0.1) is 0 Å². The fourth-order valence-corrected chi connectivity index (χ4v) is 1.94. The molecular weight excluding hydrogens is 244 g/mol. The minimum absolute atomic E-state index is 0.0204. The van der Waals surface area contributed by atoms with Gasteiger partial charge in [-0.3, -0.25) is 4.79 Å². The lowest BCUT2D eigenvalue weighted by Gasteiger charge is -2.06. The van der Waals surface area contributed by atoms with Crippen molar-refractivity contribution in [2.75, 3.05) is 16.8 Å². The molecule has 0 aliphatic rings. The van der Waals surface area contributed by atoms with Crippen LogP contribution in [0.2, 0.25) is 5.02 Å². The van der Waals surface area contributed by atoms with Crippen LogP contribution >= 0.6 is 23.4 Å². The van der Waals surface area contributed by atoms with Crippen molar-refractivity contribution in [1.82, 2.24) is 0 Å². The third-order valence-corrected chi connectivity index (χ3v) is 3.22. The smallest absolute Gasteiger partial charge is 0.234 e. The summed E-state index contributed by atoms with van der Waals surface area (Å²) in [7, 11) is 0. The van der Waals surface area contributed by atoms with Crippen LogP contribution in [0.5, 0.6) is 0 Å². The summed E-state index contributed by atoms with van der Waals surface area (Å²) >= 11 is 7.26. The number of rotatable bonds is 5. The molecule has 1 unspecified atom stereocenters. The molecule has 3 nitrogen and oxygen atoms in total. The predicted octanol–water partition coefficient (Wildman–Crippen LogP) is 2.36. The summed E-state index contributed by atoms with van der Waals surface area (Å²) in [5.74, 6) is 1.19. The molecule has 0 saturated heterocycles. The molecule has 1 amide bonds. The summed E-state index contributed by atoms with van der Waals surface area (Å²) in [6.45, 7) is 1.92. The summed E-state index contributed by atoms with van der Waals surface area (Å²) in [4.78, 5) is 11.5. The quantitative estimate of drug-likeness (QED) is 0.853. The van der Waals surface area contributed by atoms with Gasteiger partial charge in [-0.1, -0.05) is 11.6 Å². The van der Waals surface area contributed by atoms with Crippen LogP contribution in [0.4, 0.5) is 5.69 Å². The highest BCUT2D eigenvalue weighted by Crippen LogP contribution is 2.13. The number of amides is 1. The highest BCUT2D eigenvalue weighted by molar-refractivity contribution is 8.00. The zero-order chi connectivity index (χ0) is 12.0. The first kappa shape index (κ1) is 13.4. The average Bonchev–Trinajstić information content (AvgIpc) is 2.21. The van der Waals surface area contributed by atoms with E-state index in [0.717, 1.165) is 11.4 Å². The monoisotopic (exact) mass is 258 g/mol. The molecule has 88 valence electrons. The summed E-state index contributed by atoms with van der Waals surface area (Å²) in [5, 5.41) is 3.44. The van der Waals surface area contributed by atoms with E-state index in [1.807, 2.05) is 6.92 Å². The van der Waals surface area contributed by atoms with Crippen molar-refractivity contribution >= 4 is 35.0 Å². The molecule has 1 aromatic rings. The number of hydrogen-bond acceptors (Lipinski definition) is 3. The molecule has 3 N–H and O–H groups in total. The van der Waals surface area contributed by atoms with Gasteiger partial charge in [0, 0.05) is 22.5 Å². The number of carbonyl (C=O) groups is 1. The zero-order valence-electron chi connectivity index (χ0n) is 9.07. The van der Waals surface area contributed by atoms with Gasteiger partial charge < -0.3 is 11.1 Å². The van der Waals surface area contributed by atoms with Gasteiger partial charge in [0.2, 0.25) is 5.91 Å². The molecule has 0 radical (unpaired) electrons. The maximum atomic E-state index is 11.5. The van der Waals surface area contributed by atoms with Crippen molar-refractivity contribution in [3.05, 3.63) is 29.3 Å². The van der Waals surface area contributed by atoms with Crippen LogP contribution < -0.4 is 11.1 Å². The fraction of sp³-hybridized carbons (Fsp3) is 0.364. The van der Waals surface area contributed by atoms with Crippen LogP contribution in [0.3, 0.4) is 0 Å². The molecule has 1 aromatic carbocycles. The second kappa shape index (κ2) is 6.78. The molecule has 0 saturated carbocycles. The first-order valence-corrected chi connectivity index (χ1v) is 6.50. The van der Waals surface area contributed by atoms with E-state index >= 15 is 0 Å². The number of anilines is 1. The Morgan fingerprint density at radius 3 is 2.69 bits per heavy atom. The van der Waals surface area contributed by atoms with Crippen molar-refractivity contribution in [2.24, 2.45) is 5.73 Å². The van der Waals surface area contributed by atoms with Crippen molar-refractivity contribution in [1.29, 1.82) is 0 Å². The Labute approximate surface area is 105 Å². The van der Waals surface area contributed by atoms with E-state index in [2.05, 4.69) is 5.32 Å². The fourth-order valence-electron chi connectivity index (χ4n) is 1.07. The Bertz CT molecular complexity index is 340. The van der Waals surface area contributed by atoms with Crippen molar-refractivity contribution in [3.63, 3.8) is 0 Å². The molecule has 0 aliphatic heterocycles. The van der Waals surface area contributed by atoms with Crippen molar-refractivity contribution in [2.45, 2.75) is 13.0 Å². The Kier molecular flexibility index (Phi) is 5.66. The SMILES string of the molecule is CC(N)CSCC(=O)Nc1ccc(Cl)cc1. The van der Waals surface area contributed by atoms with Gasteiger partial charge in [-0.15, -0.1) is 0 Å². The topological polar surface area (TPSA) is 55.1 Å². The molecule has 0 aromatic heterocycles. The second-order valence-corrected chi connectivity index (χ2v) is 5.01. The standard InChI is InChI=1S/C11H15ClN2OS/c1-8(13)6-16-7-11(15)14-10-4-2-9(12)3-5-10/h2-5,8H,6-7,13H2,1H3,(H,14,15). The highest BCUT2D eigenvalue weighted by atomic mass is 35.5. The van der Waals surface area contributed by atoms with Gasteiger partial charge in [-0.25, -0.2) is 0 Å². The minimum atomic E-state index is -0.0204. The van der Waals surface area contributed by atoms with Gasteiger partial charge in [-0.05, 0) is 31.2 Å². The second-order valence-electron chi connectivity index (χ2n) is 3.55. The molecule has 5 heteroatoms. The van der Waals surface area contributed by atoms with E-state index in [1.54, 1.807) is 24.3 Å². The van der Waals surface area contributed by atoms with Crippen LogP contribution in [0.1, 0.15) is 6.92 Å². The Morgan fingerprint density at radius 2 is 2.12 bits per heavy atom. The average molecular weight is 259 g/mol. The summed E-state index contributed by atoms with van der Waals surface area (Å²) in [6, 6.07) is 7.15. The van der Waals surface area contributed by atoms with E-state index in [0.29, 0.717) is 10.8 Å². The lowest BCUT2D eigenvalue weighted by atomic mass is 10.3. The van der Waals surface area contributed by atoms with Gasteiger partial charge in [0.25, 0.3) is 0 Å². The van der Waals surface area contributed by atoms with Crippen LogP contribution in [-0.2, 0) is 4.79 Å². The molecule has 1 rings (SSSR count). The van der Waals surface area contributed by atoms with Gasteiger partial charge in [-0.2, -0.15) is 11.8 Å². The molecule has 0 heterocycles. The zero-order valence-corrected chi connectivity index (χ0v) is 10.6. The van der Waals surface area contributed by atoms with Crippen LogP contribution in [-0.4, -0.2) is 23.5 Å². The van der Waals surface area contributed by atoms with Crippen LogP contribution in [0.15, 0.2) is 24.3 Å². The maximum Gasteiger partial charge on any atom is 0.234 e. The molecule has 0 aliphatic carbocycles. The third-order valence-electron chi connectivity index (χ3n) is 1.74. The number of nitrogens with two attached hydrogens (primary N) is 1. The minimum Gasteiger partial charge on any atom is -0.327 e. The summed E-state index contributed by atoms with van der Waals surface area (Å²) < 4.78 is 0. The number of halogens is 1. The Hall–Kier alpha value is -0.710. The van der Waals surface area contributed by atoms with E-state index in [9.17, 15) is 4.79 Å². The normalized spacial score (nSPS) is 12.2. The van der Waals surface area contributed by atoms with Crippen LogP contribution in [0.25, 0.3) is 0 Å². The van der Waals surface area contributed by atoms with Gasteiger partial charge in [0.1, 0.15) is 0 Å². The first-order valence-electron chi connectivity index (χ1n) is 4.96. The van der Waals surface area contributed by atoms with E-state index in [1.165, 1.54) is 11.8 Å². The molecule has 0 bridgehead atoms. The summed E-state index contributed by atoms with van der Waals surface area (Å²) in [6.07, 6.45) is 0. The molecule has 0 spiro atoms. The third kappa shape index (κ3) is 5.39. The predicted molar refractivity (Wildman–Crippen MR) is 71.1 cm³/mol. The van der Waals surface area contributed by atoms with Gasteiger partial charge in [0.05, 0.1) is 5.75 Å². The maximum absolute atomic E-state index is 11.5. The Morgan fingerprint density at radius 1 is 1.50 bits per heavy atom. The van der Waals surface area contributed by atoms with E-state index in [4.69, 9.17) is 17.3 Å². The van der Waals surface area contributed by atoms with E-state index in [-0.39, 0.29) is 11.9 Å². The van der Waals surface area contributed by atoms with Crippen molar-refractivity contribution in [3.8, 4) is 0 Å². The first-order chi connectivity index (χ1) is 7.58. The largest absolute Gasteiger partial charge is 0.327 e. The van der Waals surface area contributed by atoms with E-state index < -0.39 is 0 Å². The number of thioether (sulfide) groups is 1. The highest BCUT2D eigenvalue weighted by Gasteiger charge is 2.03. The molecular formula is C11H15ClN2OS. The lowest BCUT2D eigenvalue weighted by molar-refractivity contribution is -0.113. The van der Waals surface area contributed by atoms with Crippen molar-refractivity contribution < 1.29 is 4.79 Å². The summed E-state index contributed by atoms with van der Waals surface area (Å²) in [5.41, 5.74) is 6.34.